The third-order valence-electron chi connectivity index (χ3n) is 3.90. The van der Waals surface area contributed by atoms with Crippen molar-refractivity contribution in [2.75, 3.05) is 38.1 Å². The van der Waals surface area contributed by atoms with E-state index in [1.165, 1.54) is 0 Å². The molecule has 1 aliphatic rings. The van der Waals surface area contributed by atoms with Crippen LogP contribution in [0.25, 0.3) is 0 Å². The van der Waals surface area contributed by atoms with E-state index in [0.29, 0.717) is 12.0 Å². The van der Waals surface area contributed by atoms with Crippen LogP contribution in [0.15, 0.2) is 18.5 Å². The van der Waals surface area contributed by atoms with Gasteiger partial charge in [0.05, 0.1) is 18.0 Å². The van der Waals surface area contributed by atoms with Gasteiger partial charge in [-0.1, -0.05) is 13.3 Å². The van der Waals surface area contributed by atoms with Crippen LogP contribution in [-0.4, -0.2) is 59.4 Å². The van der Waals surface area contributed by atoms with Gasteiger partial charge in [-0.25, -0.2) is 0 Å². The lowest BCUT2D eigenvalue weighted by Crippen LogP contribution is -2.44. The van der Waals surface area contributed by atoms with Crippen molar-refractivity contribution < 1.29 is 10.2 Å². The molecule has 0 amide bonds. The maximum absolute atomic E-state index is 10.2. The van der Waals surface area contributed by atoms with Gasteiger partial charge in [-0.05, 0) is 19.5 Å². The highest BCUT2D eigenvalue weighted by molar-refractivity contribution is 5.47. The predicted molar refractivity (Wildman–Crippen MR) is 79.8 cm³/mol. The van der Waals surface area contributed by atoms with E-state index < -0.39 is 12.2 Å². The van der Waals surface area contributed by atoms with Crippen molar-refractivity contribution in [3.63, 3.8) is 0 Å². The van der Waals surface area contributed by atoms with Crippen molar-refractivity contribution in [3.05, 3.63) is 24.0 Å². The molecule has 1 aliphatic heterocycles. The third-order valence-corrected chi connectivity index (χ3v) is 3.90. The van der Waals surface area contributed by atoms with Crippen molar-refractivity contribution in [2.24, 2.45) is 0 Å². The molecular weight excluding hydrogens is 254 g/mol. The molecular formula is C15H25N3O2. The summed E-state index contributed by atoms with van der Waals surface area (Å²) in [6.07, 6.45) is 3.35. The first-order valence-electron chi connectivity index (χ1n) is 7.36. The Balaban J connectivity index is 2.07. The van der Waals surface area contributed by atoms with Gasteiger partial charge in [-0.2, -0.15) is 0 Å². The second-order valence-electron chi connectivity index (χ2n) is 5.57. The highest BCUT2D eigenvalue weighted by atomic mass is 16.3. The number of rotatable bonds is 5. The monoisotopic (exact) mass is 279 g/mol. The van der Waals surface area contributed by atoms with Crippen molar-refractivity contribution in [1.29, 1.82) is 0 Å². The molecule has 2 rings (SSSR count). The molecule has 0 saturated carbocycles. The summed E-state index contributed by atoms with van der Waals surface area (Å²) in [5.41, 5.74) is 1.72. The van der Waals surface area contributed by atoms with Crippen LogP contribution >= 0.6 is 0 Å². The molecule has 2 atom stereocenters. The Kier molecular flexibility index (Phi) is 5.34. The van der Waals surface area contributed by atoms with Crippen LogP contribution < -0.4 is 4.90 Å². The van der Waals surface area contributed by atoms with E-state index in [2.05, 4.69) is 21.8 Å². The Morgan fingerprint density at radius 1 is 1.20 bits per heavy atom. The maximum Gasteiger partial charge on any atom is 0.106 e. The number of piperazine rings is 1. The van der Waals surface area contributed by atoms with Gasteiger partial charge in [0.15, 0.2) is 0 Å². The average molecular weight is 279 g/mol. The second kappa shape index (κ2) is 7.02. The normalized spacial score (nSPS) is 19.9. The van der Waals surface area contributed by atoms with E-state index >= 15 is 0 Å². The SMILES string of the molecule is CCCC(O)C(O)c1cncc(N2CCN(C)CC2)c1. The molecule has 2 unspecified atom stereocenters. The number of pyridine rings is 1. The molecule has 1 aromatic rings. The first-order valence-corrected chi connectivity index (χ1v) is 7.36. The van der Waals surface area contributed by atoms with E-state index in [1.807, 2.05) is 19.2 Å². The van der Waals surface area contributed by atoms with Crippen LogP contribution in [-0.2, 0) is 0 Å². The molecule has 112 valence electrons. The van der Waals surface area contributed by atoms with Crippen LogP contribution in [0.4, 0.5) is 5.69 Å². The fraction of sp³-hybridized carbons (Fsp3) is 0.667. The van der Waals surface area contributed by atoms with Crippen LogP contribution in [0.3, 0.4) is 0 Å². The van der Waals surface area contributed by atoms with Crippen molar-refractivity contribution in [1.82, 2.24) is 9.88 Å². The number of aliphatic hydroxyl groups excluding tert-OH is 2. The lowest BCUT2D eigenvalue weighted by Gasteiger charge is -2.34. The van der Waals surface area contributed by atoms with E-state index in [1.54, 1.807) is 6.20 Å². The lowest BCUT2D eigenvalue weighted by atomic mass is 10.0. The molecule has 1 fully saturated rings. The Hall–Kier alpha value is -1.17. The highest BCUT2D eigenvalue weighted by Crippen LogP contribution is 2.24. The zero-order chi connectivity index (χ0) is 14.5. The largest absolute Gasteiger partial charge is 0.390 e. The van der Waals surface area contributed by atoms with Crippen molar-refractivity contribution in [3.8, 4) is 0 Å². The van der Waals surface area contributed by atoms with Gasteiger partial charge in [0.25, 0.3) is 0 Å². The van der Waals surface area contributed by atoms with Crippen molar-refractivity contribution >= 4 is 5.69 Å². The summed E-state index contributed by atoms with van der Waals surface area (Å²) >= 11 is 0. The number of aromatic nitrogens is 1. The number of nitrogens with zero attached hydrogens (tertiary/aromatic N) is 3. The van der Waals surface area contributed by atoms with Crippen molar-refractivity contribution in [2.45, 2.75) is 32.0 Å². The number of likely N-dealkylation sites (N-methyl/N-ethyl adjacent to an activating group) is 1. The molecule has 5 nitrogen and oxygen atoms in total. The highest BCUT2D eigenvalue weighted by Gasteiger charge is 2.20. The first-order chi connectivity index (χ1) is 9.61. The lowest BCUT2D eigenvalue weighted by molar-refractivity contribution is 0.0129. The number of aliphatic hydroxyl groups is 2. The summed E-state index contributed by atoms with van der Waals surface area (Å²) in [5, 5.41) is 20.1. The predicted octanol–water partition coefficient (Wildman–Crippen LogP) is 1.03. The molecule has 1 saturated heterocycles. The molecule has 1 aromatic heterocycles. The van der Waals surface area contributed by atoms with E-state index in [4.69, 9.17) is 0 Å². The topological polar surface area (TPSA) is 59.8 Å². The quantitative estimate of drug-likeness (QED) is 0.843. The Morgan fingerprint density at radius 3 is 2.55 bits per heavy atom. The molecule has 20 heavy (non-hydrogen) atoms. The van der Waals surface area contributed by atoms with Gasteiger partial charge in [0, 0.05) is 37.9 Å². The maximum atomic E-state index is 10.2. The van der Waals surface area contributed by atoms with Gasteiger partial charge >= 0.3 is 0 Å². The van der Waals surface area contributed by atoms with Gasteiger partial charge in [0.2, 0.25) is 0 Å². The van der Waals surface area contributed by atoms with E-state index in [9.17, 15) is 10.2 Å². The molecule has 0 bridgehead atoms. The molecule has 0 aromatic carbocycles. The van der Waals surface area contributed by atoms with Crippen LogP contribution in [0.1, 0.15) is 31.4 Å². The molecule has 2 N–H and O–H groups in total. The minimum absolute atomic E-state index is 0.597. The Bertz CT molecular complexity index is 402. The summed E-state index contributed by atoms with van der Waals surface area (Å²) in [6, 6.07) is 1.95. The molecule has 5 heteroatoms. The molecule has 2 heterocycles. The zero-order valence-electron chi connectivity index (χ0n) is 12.4. The number of hydrogen-bond donors (Lipinski definition) is 2. The van der Waals surface area contributed by atoms with Gasteiger partial charge in [-0.15, -0.1) is 0 Å². The average Bonchev–Trinajstić information content (AvgIpc) is 2.47. The first kappa shape index (κ1) is 15.2. The smallest absolute Gasteiger partial charge is 0.106 e. The van der Waals surface area contributed by atoms with E-state index in [-0.39, 0.29) is 0 Å². The minimum Gasteiger partial charge on any atom is -0.390 e. The summed E-state index contributed by atoms with van der Waals surface area (Å²) < 4.78 is 0. The third kappa shape index (κ3) is 3.69. The van der Waals surface area contributed by atoms with Gasteiger partial charge in [0.1, 0.15) is 6.10 Å². The van der Waals surface area contributed by atoms with Gasteiger partial charge in [-0.3, -0.25) is 4.98 Å². The standard InChI is InChI=1S/C15H25N3O2/c1-3-4-14(19)15(20)12-9-13(11-16-10-12)18-7-5-17(2)6-8-18/h9-11,14-15,19-20H,3-8H2,1-2H3. The molecule has 0 radical (unpaired) electrons. The molecule has 0 spiro atoms. The van der Waals surface area contributed by atoms with Gasteiger partial charge < -0.3 is 20.0 Å². The fourth-order valence-electron chi connectivity index (χ4n) is 2.52. The zero-order valence-corrected chi connectivity index (χ0v) is 12.4. The van der Waals surface area contributed by atoms with Crippen LogP contribution in [0.2, 0.25) is 0 Å². The minimum atomic E-state index is -0.852. The summed E-state index contributed by atoms with van der Waals surface area (Å²) in [6.45, 7) is 6.00. The summed E-state index contributed by atoms with van der Waals surface area (Å²) in [7, 11) is 2.12. The van der Waals surface area contributed by atoms with Crippen LogP contribution in [0.5, 0.6) is 0 Å². The summed E-state index contributed by atoms with van der Waals surface area (Å²) in [4.78, 5) is 8.79. The summed E-state index contributed by atoms with van der Waals surface area (Å²) in [5.74, 6) is 0. The Labute approximate surface area is 120 Å². The van der Waals surface area contributed by atoms with Crippen LogP contribution in [0, 0.1) is 0 Å². The molecule has 0 aliphatic carbocycles. The fourth-order valence-corrected chi connectivity index (χ4v) is 2.52. The van der Waals surface area contributed by atoms with E-state index in [0.717, 1.165) is 38.3 Å². The second-order valence-corrected chi connectivity index (χ2v) is 5.57. The number of hydrogen-bond acceptors (Lipinski definition) is 5. The Morgan fingerprint density at radius 2 is 1.90 bits per heavy atom. The number of anilines is 1.